The fourth-order valence-corrected chi connectivity index (χ4v) is 1.15. The summed E-state index contributed by atoms with van der Waals surface area (Å²) in [4.78, 5) is 21.1. The predicted octanol–water partition coefficient (Wildman–Crippen LogP) is 2.11. The summed E-state index contributed by atoms with van der Waals surface area (Å²) in [5.74, 6) is 0.385. The van der Waals surface area contributed by atoms with E-state index in [1.165, 1.54) is 6.92 Å². The summed E-state index contributed by atoms with van der Waals surface area (Å²) < 4.78 is 10.1. The SMILES string of the molecule is CCC(OC(C)=O)c1ccc(C=O)o1. The molecule has 1 atom stereocenters. The largest absolute Gasteiger partial charge is 0.454 e. The highest BCUT2D eigenvalue weighted by atomic mass is 16.5. The zero-order valence-corrected chi connectivity index (χ0v) is 8.15. The van der Waals surface area contributed by atoms with Crippen molar-refractivity contribution in [2.75, 3.05) is 0 Å². The third kappa shape index (κ3) is 2.45. The van der Waals surface area contributed by atoms with E-state index < -0.39 is 6.10 Å². The van der Waals surface area contributed by atoms with E-state index in [2.05, 4.69) is 0 Å². The van der Waals surface area contributed by atoms with Gasteiger partial charge >= 0.3 is 5.97 Å². The zero-order valence-electron chi connectivity index (χ0n) is 8.15. The van der Waals surface area contributed by atoms with Crippen molar-refractivity contribution in [3.63, 3.8) is 0 Å². The monoisotopic (exact) mass is 196 g/mol. The van der Waals surface area contributed by atoms with Crippen LogP contribution in [0.1, 0.15) is 42.7 Å². The second-order valence-corrected chi connectivity index (χ2v) is 2.86. The molecule has 14 heavy (non-hydrogen) atoms. The molecule has 76 valence electrons. The lowest BCUT2D eigenvalue weighted by Crippen LogP contribution is -2.06. The third-order valence-electron chi connectivity index (χ3n) is 1.76. The van der Waals surface area contributed by atoms with Crippen LogP contribution in [-0.4, -0.2) is 12.3 Å². The van der Waals surface area contributed by atoms with Crippen molar-refractivity contribution in [3.05, 3.63) is 23.7 Å². The van der Waals surface area contributed by atoms with Crippen molar-refractivity contribution in [1.29, 1.82) is 0 Å². The van der Waals surface area contributed by atoms with E-state index in [0.29, 0.717) is 18.5 Å². The van der Waals surface area contributed by atoms with E-state index in [1.54, 1.807) is 12.1 Å². The minimum absolute atomic E-state index is 0.241. The van der Waals surface area contributed by atoms with Crippen LogP contribution >= 0.6 is 0 Å². The molecule has 0 saturated carbocycles. The van der Waals surface area contributed by atoms with Crippen LogP contribution in [0, 0.1) is 0 Å². The summed E-state index contributed by atoms with van der Waals surface area (Å²) in [6, 6.07) is 3.19. The van der Waals surface area contributed by atoms with Gasteiger partial charge in [0.2, 0.25) is 0 Å². The molecule has 1 unspecified atom stereocenters. The quantitative estimate of drug-likeness (QED) is 0.546. The van der Waals surface area contributed by atoms with Gasteiger partial charge in [-0.15, -0.1) is 0 Å². The lowest BCUT2D eigenvalue weighted by Gasteiger charge is -2.11. The Morgan fingerprint density at radius 1 is 1.64 bits per heavy atom. The van der Waals surface area contributed by atoms with E-state index in [0.717, 1.165) is 0 Å². The lowest BCUT2D eigenvalue weighted by molar-refractivity contribution is -0.147. The smallest absolute Gasteiger partial charge is 0.303 e. The average Bonchev–Trinajstić information content (AvgIpc) is 2.62. The summed E-state index contributed by atoms with van der Waals surface area (Å²) in [5, 5.41) is 0. The van der Waals surface area contributed by atoms with Crippen LogP contribution in [-0.2, 0) is 9.53 Å². The molecule has 4 nitrogen and oxygen atoms in total. The molecule has 0 radical (unpaired) electrons. The minimum atomic E-state index is -0.402. The second-order valence-electron chi connectivity index (χ2n) is 2.86. The van der Waals surface area contributed by atoms with Gasteiger partial charge in [-0.1, -0.05) is 6.92 Å². The van der Waals surface area contributed by atoms with E-state index in [1.807, 2.05) is 6.92 Å². The van der Waals surface area contributed by atoms with Crippen LogP contribution in [0.3, 0.4) is 0 Å². The number of ether oxygens (including phenoxy) is 1. The molecule has 0 aliphatic carbocycles. The van der Waals surface area contributed by atoms with E-state index in [-0.39, 0.29) is 11.7 Å². The van der Waals surface area contributed by atoms with Crippen LogP contribution in [0.2, 0.25) is 0 Å². The lowest BCUT2D eigenvalue weighted by atomic mass is 10.2. The standard InChI is InChI=1S/C10H12O4/c1-3-9(13-7(2)12)10-5-4-8(6-11)14-10/h4-6,9H,3H2,1-2H3. The first-order valence-corrected chi connectivity index (χ1v) is 4.39. The van der Waals surface area contributed by atoms with Crippen molar-refractivity contribution >= 4 is 12.3 Å². The van der Waals surface area contributed by atoms with Gasteiger partial charge in [0.25, 0.3) is 0 Å². The van der Waals surface area contributed by atoms with Crippen molar-refractivity contribution in [3.8, 4) is 0 Å². The third-order valence-corrected chi connectivity index (χ3v) is 1.76. The van der Waals surface area contributed by atoms with Crippen molar-refractivity contribution in [2.24, 2.45) is 0 Å². The van der Waals surface area contributed by atoms with Gasteiger partial charge in [0.1, 0.15) is 5.76 Å². The van der Waals surface area contributed by atoms with Crippen LogP contribution in [0.25, 0.3) is 0 Å². The molecule has 0 spiro atoms. The molecule has 0 fully saturated rings. The topological polar surface area (TPSA) is 56.5 Å². The molecule has 0 aliphatic heterocycles. The summed E-state index contributed by atoms with van der Waals surface area (Å²) in [6.45, 7) is 3.21. The minimum Gasteiger partial charge on any atom is -0.454 e. The average molecular weight is 196 g/mol. The maximum Gasteiger partial charge on any atom is 0.303 e. The predicted molar refractivity (Wildman–Crippen MR) is 48.9 cm³/mol. The summed E-state index contributed by atoms with van der Waals surface area (Å²) >= 11 is 0. The number of furan rings is 1. The Kier molecular flexibility index (Phi) is 3.45. The van der Waals surface area contributed by atoms with Crippen LogP contribution in [0.5, 0.6) is 0 Å². The molecule has 1 aromatic rings. The number of esters is 1. The molecular weight excluding hydrogens is 184 g/mol. The highest BCUT2D eigenvalue weighted by Gasteiger charge is 2.16. The zero-order chi connectivity index (χ0) is 10.6. The first kappa shape index (κ1) is 10.5. The Morgan fingerprint density at radius 2 is 2.36 bits per heavy atom. The molecule has 0 saturated heterocycles. The van der Waals surface area contributed by atoms with E-state index >= 15 is 0 Å². The summed E-state index contributed by atoms with van der Waals surface area (Å²) in [7, 11) is 0. The first-order valence-electron chi connectivity index (χ1n) is 4.39. The second kappa shape index (κ2) is 4.60. The number of carbonyl (C=O) groups is 2. The van der Waals surface area contributed by atoms with Gasteiger partial charge in [0, 0.05) is 6.92 Å². The summed E-state index contributed by atoms with van der Waals surface area (Å²) in [5.41, 5.74) is 0. The Hall–Kier alpha value is -1.58. The number of hydrogen-bond donors (Lipinski definition) is 0. The number of rotatable bonds is 4. The molecule has 0 aromatic carbocycles. The van der Waals surface area contributed by atoms with Gasteiger partial charge in [-0.05, 0) is 18.6 Å². The summed E-state index contributed by atoms with van der Waals surface area (Å²) in [6.07, 6.45) is 0.830. The highest BCUT2D eigenvalue weighted by molar-refractivity contribution is 5.70. The maximum absolute atomic E-state index is 10.7. The number of carbonyl (C=O) groups excluding carboxylic acids is 2. The van der Waals surface area contributed by atoms with Gasteiger partial charge < -0.3 is 9.15 Å². The van der Waals surface area contributed by atoms with Crippen LogP contribution < -0.4 is 0 Å². The number of hydrogen-bond acceptors (Lipinski definition) is 4. The molecule has 0 N–H and O–H groups in total. The fraction of sp³-hybridized carbons (Fsp3) is 0.400. The highest BCUT2D eigenvalue weighted by Crippen LogP contribution is 2.22. The Labute approximate surface area is 81.9 Å². The molecule has 0 amide bonds. The maximum atomic E-state index is 10.7. The Bertz CT molecular complexity index is 327. The normalized spacial score (nSPS) is 12.1. The first-order chi connectivity index (χ1) is 6.67. The molecule has 0 aliphatic rings. The van der Waals surface area contributed by atoms with Crippen LogP contribution in [0.15, 0.2) is 16.5 Å². The molecular formula is C10H12O4. The van der Waals surface area contributed by atoms with Gasteiger partial charge in [-0.25, -0.2) is 0 Å². The van der Waals surface area contributed by atoms with Crippen molar-refractivity contribution < 1.29 is 18.7 Å². The van der Waals surface area contributed by atoms with E-state index in [9.17, 15) is 9.59 Å². The van der Waals surface area contributed by atoms with Gasteiger partial charge in [-0.3, -0.25) is 9.59 Å². The van der Waals surface area contributed by atoms with Gasteiger partial charge in [0.15, 0.2) is 18.2 Å². The van der Waals surface area contributed by atoms with Crippen molar-refractivity contribution in [1.82, 2.24) is 0 Å². The van der Waals surface area contributed by atoms with Crippen LogP contribution in [0.4, 0.5) is 0 Å². The van der Waals surface area contributed by atoms with Crippen molar-refractivity contribution in [2.45, 2.75) is 26.4 Å². The molecule has 0 bridgehead atoms. The van der Waals surface area contributed by atoms with Gasteiger partial charge in [0.05, 0.1) is 0 Å². The van der Waals surface area contributed by atoms with Gasteiger partial charge in [-0.2, -0.15) is 0 Å². The Morgan fingerprint density at radius 3 is 2.79 bits per heavy atom. The van der Waals surface area contributed by atoms with E-state index in [4.69, 9.17) is 9.15 Å². The molecule has 1 aromatic heterocycles. The fourth-order valence-electron chi connectivity index (χ4n) is 1.15. The molecule has 1 rings (SSSR count). The Balaban J connectivity index is 2.77. The molecule has 1 heterocycles. The number of aldehydes is 1. The molecule has 4 heteroatoms.